The first-order chi connectivity index (χ1) is 9.65. The van der Waals surface area contributed by atoms with E-state index in [1.54, 1.807) is 23.8 Å². The van der Waals surface area contributed by atoms with Crippen molar-refractivity contribution in [3.8, 4) is 5.75 Å². The zero-order valence-corrected chi connectivity index (χ0v) is 12.1. The van der Waals surface area contributed by atoms with E-state index in [0.717, 1.165) is 11.3 Å². The van der Waals surface area contributed by atoms with Crippen LogP contribution >= 0.6 is 11.8 Å². The van der Waals surface area contributed by atoms with Crippen LogP contribution in [0.5, 0.6) is 5.75 Å². The predicted octanol–water partition coefficient (Wildman–Crippen LogP) is 1.58. The lowest BCUT2D eigenvalue weighted by molar-refractivity contribution is -0.158. The molecule has 0 spiro atoms. The summed E-state index contributed by atoms with van der Waals surface area (Å²) in [7, 11) is 2.97. The second kappa shape index (κ2) is 5.01. The highest BCUT2D eigenvalue weighted by Gasteiger charge is 2.55. The summed E-state index contributed by atoms with van der Waals surface area (Å²) in [4.78, 5) is 25.4. The first kappa shape index (κ1) is 13.3. The van der Waals surface area contributed by atoms with Crippen LogP contribution in [0.15, 0.2) is 24.3 Å². The fourth-order valence-corrected chi connectivity index (χ4v) is 4.31. The Bertz CT molecular complexity index is 545. The van der Waals surface area contributed by atoms with Gasteiger partial charge in [-0.25, -0.2) is 4.79 Å². The Morgan fingerprint density at radius 2 is 2.00 bits per heavy atom. The van der Waals surface area contributed by atoms with Crippen LogP contribution in [-0.2, 0) is 14.3 Å². The van der Waals surface area contributed by atoms with E-state index >= 15 is 0 Å². The van der Waals surface area contributed by atoms with Crippen molar-refractivity contribution in [2.24, 2.45) is 0 Å². The molecule has 0 saturated carbocycles. The molecule has 5 nitrogen and oxygen atoms in total. The Morgan fingerprint density at radius 3 is 2.55 bits per heavy atom. The fourth-order valence-electron chi connectivity index (χ4n) is 2.65. The number of carbonyl (C=O) groups excluding carboxylic acids is 2. The zero-order chi connectivity index (χ0) is 14.3. The van der Waals surface area contributed by atoms with Crippen molar-refractivity contribution in [3.05, 3.63) is 29.8 Å². The van der Waals surface area contributed by atoms with Gasteiger partial charge >= 0.3 is 5.97 Å². The summed E-state index contributed by atoms with van der Waals surface area (Å²) in [5, 5.41) is 0.0171. The number of nitrogens with zero attached hydrogens (tertiary/aromatic N) is 1. The molecule has 2 fully saturated rings. The van der Waals surface area contributed by atoms with Crippen molar-refractivity contribution in [3.63, 3.8) is 0 Å². The molecule has 1 aromatic carbocycles. The minimum absolute atomic E-state index is 0.0221. The number of thioether (sulfide) groups is 1. The second-order valence-corrected chi connectivity index (χ2v) is 6.08. The van der Waals surface area contributed by atoms with Gasteiger partial charge in [0.2, 0.25) is 5.91 Å². The summed E-state index contributed by atoms with van der Waals surface area (Å²) in [6, 6.07) is 7.07. The molecule has 6 heteroatoms. The Hall–Kier alpha value is -1.69. The van der Waals surface area contributed by atoms with Crippen molar-refractivity contribution in [1.29, 1.82) is 0 Å². The van der Waals surface area contributed by atoms with Crippen LogP contribution in [0.3, 0.4) is 0 Å². The highest BCUT2D eigenvalue weighted by molar-refractivity contribution is 8.00. The number of rotatable bonds is 3. The van der Waals surface area contributed by atoms with Crippen molar-refractivity contribution in [1.82, 2.24) is 4.90 Å². The van der Waals surface area contributed by atoms with Crippen molar-refractivity contribution in [2.45, 2.75) is 23.1 Å². The van der Waals surface area contributed by atoms with Gasteiger partial charge < -0.3 is 14.4 Å². The first-order valence-corrected chi connectivity index (χ1v) is 7.28. The third-order valence-electron chi connectivity index (χ3n) is 3.72. The fraction of sp³-hybridized carbons (Fsp3) is 0.429. The second-order valence-electron chi connectivity index (χ2n) is 4.76. The molecular weight excluding hydrogens is 278 g/mol. The zero-order valence-electron chi connectivity index (χ0n) is 11.2. The molecule has 1 aromatic rings. The van der Waals surface area contributed by atoms with Gasteiger partial charge in [0.1, 0.15) is 11.8 Å². The Kier molecular flexibility index (Phi) is 3.33. The monoisotopic (exact) mass is 293 g/mol. The summed E-state index contributed by atoms with van der Waals surface area (Å²) in [5.74, 6) is 0.438. The van der Waals surface area contributed by atoms with Crippen molar-refractivity contribution in [2.75, 3.05) is 14.2 Å². The number of benzene rings is 1. The van der Waals surface area contributed by atoms with Crippen LogP contribution in [0, 0.1) is 0 Å². The molecule has 20 heavy (non-hydrogen) atoms. The molecule has 3 rings (SSSR count). The molecule has 106 valence electrons. The minimum Gasteiger partial charge on any atom is -0.497 e. The third-order valence-corrected chi connectivity index (χ3v) is 5.26. The van der Waals surface area contributed by atoms with E-state index in [4.69, 9.17) is 9.47 Å². The molecular formula is C14H15NO4S. The van der Waals surface area contributed by atoms with E-state index in [-0.39, 0.29) is 22.5 Å². The maximum atomic E-state index is 12.0. The lowest BCUT2D eigenvalue weighted by Crippen LogP contribution is -2.54. The topological polar surface area (TPSA) is 55.8 Å². The molecule has 0 N–H and O–H groups in total. The summed E-state index contributed by atoms with van der Waals surface area (Å²) >= 11 is 1.65. The van der Waals surface area contributed by atoms with Gasteiger partial charge in [0.05, 0.1) is 31.3 Å². The molecule has 0 aliphatic carbocycles. The molecule has 1 amide bonds. The van der Waals surface area contributed by atoms with E-state index in [1.165, 1.54) is 7.11 Å². The van der Waals surface area contributed by atoms with Crippen LogP contribution < -0.4 is 4.74 Å². The van der Waals surface area contributed by atoms with Gasteiger partial charge in [0, 0.05) is 0 Å². The normalized spacial score (nSPS) is 27.8. The number of hydrogen-bond acceptors (Lipinski definition) is 5. The van der Waals surface area contributed by atoms with Crippen LogP contribution in [0.2, 0.25) is 0 Å². The van der Waals surface area contributed by atoms with Crippen LogP contribution in [0.4, 0.5) is 0 Å². The van der Waals surface area contributed by atoms with Gasteiger partial charge in [-0.2, -0.15) is 0 Å². The molecule has 2 aliphatic heterocycles. The van der Waals surface area contributed by atoms with E-state index in [2.05, 4.69) is 0 Å². The molecule has 3 atom stereocenters. The van der Waals surface area contributed by atoms with E-state index in [1.807, 2.05) is 24.3 Å². The van der Waals surface area contributed by atoms with Crippen LogP contribution in [0.1, 0.15) is 17.2 Å². The quantitative estimate of drug-likeness (QED) is 0.625. The smallest absolute Gasteiger partial charge is 0.330 e. The molecule has 2 unspecified atom stereocenters. The molecule has 0 aromatic heterocycles. The summed E-state index contributed by atoms with van der Waals surface area (Å²) in [6.45, 7) is 0. The van der Waals surface area contributed by atoms with Gasteiger partial charge in [-0.3, -0.25) is 4.79 Å². The molecule has 0 bridgehead atoms. The highest BCUT2D eigenvalue weighted by Crippen LogP contribution is 2.52. The van der Waals surface area contributed by atoms with Crippen LogP contribution in [0.25, 0.3) is 0 Å². The van der Waals surface area contributed by atoms with Crippen LogP contribution in [-0.4, -0.2) is 42.4 Å². The number of β-lactam (4-membered cyclic amide) rings is 1. The van der Waals surface area contributed by atoms with E-state index in [0.29, 0.717) is 6.42 Å². The molecule has 2 saturated heterocycles. The number of methoxy groups -OCH3 is 2. The average molecular weight is 293 g/mol. The molecule has 2 aliphatic rings. The van der Waals surface area contributed by atoms with Crippen molar-refractivity contribution < 1.29 is 19.1 Å². The van der Waals surface area contributed by atoms with E-state index < -0.39 is 6.04 Å². The van der Waals surface area contributed by atoms with Gasteiger partial charge in [0.15, 0.2) is 0 Å². The first-order valence-electron chi connectivity index (χ1n) is 6.34. The predicted molar refractivity (Wildman–Crippen MR) is 74.4 cm³/mol. The minimum atomic E-state index is -0.523. The Morgan fingerprint density at radius 1 is 1.30 bits per heavy atom. The Balaban J connectivity index is 1.90. The van der Waals surface area contributed by atoms with E-state index in [9.17, 15) is 9.59 Å². The third kappa shape index (κ3) is 1.95. The lowest BCUT2D eigenvalue weighted by atomic mass is 10.0. The van der Waals surface area contributed by atoms with Gasteiger partial charge in [-0.05, 0) is 17.7 Å². The van der Waals surface area contributed by atoms with Gasteiger partial charge in [-0.15, -0.1) is 11.8 Å². The summed E-state index contributed by atoms with van der Waals surface area (Å²) in [6.07, 6.45) is 0.505. The number of carbonyl (C=O) groups is 2. The number of hydrogen-bond donors (Lipinski definition) is 0. The Labute approximate surface area is 121 Å². The van der Waals surface area contributed by atoms with Crippen molar-refractivity contribution >= 4 is 23.6 Å². The maximum absolute atomic E-state index is 12.0. The average Bonchev–Trinajstić information content (AvgIpc) is 2.79. The molecule has 0 radical (unpaired) electrons. The maximum Gasteiger partial charge on any atom is 0.330 e. The summed E-state index contributed by atoms with van der Waals surface area (Å²) in [5.41, 5.74) is 1.01. The van der Waals surface area contributed by atoms with Gasteiger partial charge in [0.25, 0.3) is 0 Å². The highest BCUT2D eigenvalue weighted by atomic mass is 32.2. The number of ether oxygens (including phenoxy) is 2. The SMILES string of the molecule is COC(=O)C1C(c2ccc(OC)cc2)S[C@@H]2CC(=O)N12. The number of esters is 1. The van der Waals surface area contributed by atoms with Gasteiger partial charge in [-0.1, -0.05) is 12.1 Å². The lowest BCUT2D eigenvalue weighted by Gasteiger charge is -2.36. The number of fused-ring (bicyclic) bond motifs is 1. The molecule has 2 heterocycles. The largest absolute Gasteiger partial charge is 0.497 e. The number of amides is 1. The standard InChI is InChI=1S/C14H15NO4S/c1-18-9-5-3-8(4-6-9)13-12(14(17)19-2)15-10(16)7-11(15)20-13/h3-6,11-13H,7H2,1-2H3/t11-,12?,13?/m1/s1. The summed E-state index contributed by atoms with van der Waals surface area (Å²) < 4.78 is 10.00.